The number of hydrogen-bond donors (Lipinski definition) is 4. The van der Waals surface area contributed by atoms with E-state index in [1.807, 2.05) is 0 Å². The highest BCUT2D eigenvalue weighted by molar-refractivity contribution is 5.89. The maximum Gasteiger partial charge on any atom is 0.320 e. The Kier molecular flexibility index (Phi) is 3.04. The van der Waals surface area contributed by atoms with Crippen molar-refractivity contribution in [2.75, 3.05) is 5.32 Å². The van der Waals surface area contributed by atoms with Crippen LogP contribution in [0.4, 0.5) is 10.6 Å². The molecule has 2 aromatic rings. The first-order chi connectivity index (χ1) is 9.20. The van der Waals surface area contributed by atoms with Crippen molar-refractivity contribution in [2.45, 2.75) is 31.3 Å². The third kappa shape index (κ3) is 2.65. The lowest BCUT2D eigenvalue weighted by molar-refractivity contribution is 0.248. The van der Waals surface area contributed by atoms with E-state index in [4.69, 9.17) is 5.73 Å². The number of aromatic nitrogens is 3. The van der Waals surface area contributed by atoms with Crippen molar-refractivity contribution in [1.82, 2.24) is 20.3 Å². The zero-order valence-electron chi connectivity index (χ0n) is 10.4. The summed E-state index contributed by atoms with van der Waals surface area (Å²) < 4.78 is 0. The summed E-state index contributed by atoms with van der Waals surface area (Å²) in [6, 6.07) is 1.89. The molecule has 0 radical (unpaired) electrons. The number of hydrogen-bond acceptors (Lipinski definition) is 4. The molecule has 19 heavy (non-hydrogen) atoms. The largest absolute Gasteiger partial charge is 0.345 e. The van der Waals surface area contributed by atoms with Gasteiger partial charge in [-0.15, -0.1) is 0 Å². The number of nitrogens with two attached hydrogens (primary N) is 1. The molecule has 5 N–H and O–H groups in total. The summed E-state index contributed by atoms with van der Waals surface area (Å²) in [7, 11) is 0. The van der Waals surface area contributed by atoms with Gasteiger partial charge in [-0.2, -0.15) is 0 Å². The normalized spacial score (nSPS) is 22.6. The van der Waals surface area contributed by atoms with E-state index in [2.05, 4.69) is 25.6 Å². The number of rotatable bonds is 2. The number of anilines is 1. The van der Waals surface area contributed by atoms with Gasteiger partial charge in [0.2, 0.25) is 0 Å². The fourth-order valence-electron chi connectivity index (χ4n) is 2.38. The molecule has 100 valence electrons. The van der Waals surface area contributed by atoms with Crippen LogP contribution in [0.15, 0.2) is 18.5 Å². The van der Waals surface area contributed by atoms with Gasteiger partial charge in [0.05, 0.1) is 6.20 Å². The molecular weight excluding hydrogens is 244 g/mol. The van der Waals surface area contributed by atoms with E-state index >= 15 is 0 Å². The number of amides is 2. The van der Waals surface area contributed by atoms with Crippen molar-refractivity contribution >= 4 is 23.0 Å². The lowest BCUT2D eigenvalue weighted by Gasteiger charge is -2.12. The van der Waals surface area contributed by atoms with Crippen LogP contribution < -0.4 is 16.4 Å². The first kappa shape index (κ1) is 11.9. The lowest BCUT2D eigenvalue weighted by atomic mass is 10.2. The number of aromatic amines is 1. The standard InChI is InChI=1S/C12H16N6O/c13-7-1-2-8(5-7)16-12(19)18-10-6-15-11-9(17-10)3-4-14-11/h3-4,6-8H,1-2,5,13H2,(H,14,15)(H2,16,17,18,19)/t7-,8-/m0/s1. The van der Waals surface area contributed by atoms with Gasteiger partial charge in [0.1, 0.15) is 5.52 Å². The monoisotopic (exact) mass is 260 g/mol. The molecule has 3 rings (SSSR count). The van der Waals surface area contributed by atoms with E-state index in [1.165, 1.54) is 6.20 Å². The highest BCUT2D eigenvalue weighted by Gasteiger charge is 2.23. The Morgan fingerprint density at radius 3 is 3.16 bits per heavy atom. The maximum atomic E-state index is 11.8. The van der Waals surface area contributed by atoms with Crippen LogP contribution in [0.25, 0.3) is 11.2 Å². The molecule has 7 heteroatoms. The SMILES string of the molecule is N[C@H]1CC[C@H](NC(=O)Nc2cnc3[nH]ccc3n2)C1. The van der Waals surface area contributed by atoms with Gasteiger partial charge in [-0.05, 0) is 25.3 Å². The Bertz CT molecular complexity index is 595. The van der Waals surface area contributed by atoms with Crippen LogP contribution in [-0.2, 0) is 0 Å². The summed E-state index contributed by atoms with van der Waals surface area (Å²) in [5, 5.41) is 5.58. The second-order valence-electron chi connectivity index (χ2n) is 4.84. The number of urea groups is 1. The molecule has 1 saturated carbocycles. The maximum absolute atomic E-state index is 11.8. The number of carbonyl (C=O) groups is 1. The minimum absolute atomic E-state index is 0.152. The summed E-state index contributed by atoms with van der Waals surface area (Å²) in [6.07, 6.45) is 6.00. The molecule has 2 aromatic heterocycles. The first-order valence-corrected chi connectivity index (χ1v) is 6.34. The van der Waals surface area contributed by atoms with Crippen LogP contribution in [0.1, 0.15) is 19.3 Å². The van der Waals surface area contributed by atoms with Crippen LogP contribution in [0, 0.1) is 0 Å². The second-order valence-corrected chi connectivity index (χ2v) is 4.84. The number of nitrogens with zero attached hydrogens (tertiary/aromatic N) is 2. The van der Waals surface area contributed by atoms with Gasteiger partial charge in [0.25, 0.3) is 0 Å². The molecule has 0 aliphatic heterocycles. The van der Waals surface area contributed by atoms with Crippen LogP contribution in [0.2, 0.25) is 0 Å². The van der Waals surface area contributed by atoms with Crippen molar-refractivity contribution in [1.29, 1.82) is 0 Å². The minimum atomic E-state index is -0.261. The molecule has 1 aliphatic carbocycles. The van der Waals surface area contributed by atoms with Gasteiger partial charge in [-0.1, -0.05) is 0 Å². The molecule has 0 bridgehead atoms. The van der Waals surface area contributed by atoms with E-state index in [0.29, 0.717) is 11.5 Å². The third-order valence-electron chi connectivity index (χ3n) is 3.31. The molecular formula is C12H16N6O. The lowest BCUT2D eigenvalue weighted by Crippen LogP contribution is -2.37. The van der Waals surface area contributed by atoms with E-state index in [-0.39, 0.29) is 18.1 Å². The molecule has 2 heterocycles. The second kappa shape index (κ2) is 4.85. The summed E-state index contributed by atoms with van der Waals surface area (Å²) in [4.78, 5) is 23.2. The topological polar surface area (TPSA) is 109 Å². The summed E-state index contributed by atoms with van der Waals surface area (Å²) >= 11 is 0. The molecule has 0 saturated heterocycles. The summed E-state index contributed by atoms with van der Waals surface area (Å²) in [5.41, 5.74) is 7.23. The highest BCUT2D eigenvalue weighted by atomic mass is 16.2. The third-order valence-corrected chi connectivity index (χ3v) is 3.31. The van der Waals surface area contributed by atoms with Gasteiger partial charge in [0.15, 0.2) is 11.5 Å². The number of fused-ring (bicyclic) bond motifs is 1. The Labute approximate surface area is 110 Å². The minimum Gasteiger partial charge on any atom is -0.345 e. The van der Waals surface area contributed by atoms with Gasteiger partial charge in [-0.3, -0.25) is 5.32 Å². The predicted molar refractivity (Wildman–Crippen MR) is 71.7 cm³/mol. The predicted octanol–water partition coefficient (Wildman–Crippen LogP) is 0.959. The van der Waals surface area contributed by atoms with Crippen molar-refractivity contribution in [3.05, 3.63) is 18.5 Å². The van der Waals surface area contributed by atoms with Gasteiger partial charge in [0, 0.05) is 18.3 Å². The van der Waals surface area contributed by atoms with Crippen LogP contribution in [0.3, 0.4) is 0 Å². The fourth-order valence-corrected chi connectivity index (χ4v) is 2.38. The zero-order chi connectivity index (χ0) is 13.2. The molecule has 0 spiro atoms. The summed E-state index contributed by atoms with van der Waals surface area (Å²) in [6.45, 7) is 0. The van der Waals surface area contributed by atoms with Crippen LogP contribution in [0.5, 0.6) is 0 Å². The molecule has 0 aromatic carbocycles. The zero-order valence-corrected chi connectivity index (χ0v) is 10.4. The quantitative estimate of drug-likeness (QED) is 0.644. The van der Waals surface area contributed by atoms with Gasteiger partial charge >= 0.3 is 6.03 Å². The number of nitrogens with one attached hydrogen (secondary N) is 3. The average Bonchev–Trinajstić information content (AvgIpc) is 2.97. The fraction of sp³-hybridized carbons (Fsp3) is 0.417. The van der Waals surface area contributed by atoms with E-state index < -0.39 is 0 Å². The first-order valence-electron chi connectivity index (χ1n) is 6.34. The Morgan fingerprint density at radius 2 is 2.37 bits per heavy atom. The van der Waals surface area contributed by atoms with Gasteiger partial charge < -0.3 is 16.0 Å². The van der Waals surface area contributed by atoms with Crippen LogP contribution in [-0.4, -0.2) is 33.1 Å². The molecule has 2 amide bonds. The summed E-state index contributed by atoms with van der Waals surface area (Å²) in [5.74, 6) is 0.437. The smallest absolute Gasteiger partial charge is 0.320 e. The molecule has 1 aliphatic rings. The van der Waals surface area contributed by atoms with E-state index in [9.17, 15) is 4.79 Å². The van der Waals surface area contributed by atoms with E-state index in [1.54, 1.807) is 12.3 Å². The van der Waals surface area contributed by atoms with Crippen molar-refractivity contribution in [3.8, 4) is 0 Å². The number of carbonyl (C=O) groups excluding carboxylic acids is 1. The van der Waals surface area contributed by atoms with Crippen LogP contribution >= 0.6 is 0 Å². The van der Waals surface area contributed by atoms with Crippen molar-refractivity contribution < 1.29 is 4.79 Å². The van der Waals surface area contributed by atoms with Crippen molar-refractivity contribution in [3.63, 3.8) is 0 Å². The molecule has 7 nitrogen and oxygen atoms in total. The Hall–Kier alpha value is -2.15. The van der Waals surface area contributed by atoms with E-state index in [0.717, 1.165) is 24.8 Å². The van der Waals surface area contributed by atoms with Crippen molar-refractivity contribution in [2.24, 2.45) is 5.73 Å². The highest BCUT2D eigenvalue weighted by Crippen LogP contribution is 2.17. The Balaban J connectivity index is 1.62. The molecule has 0 unspecified atom stereocenters. The Morgan fingerprint density at radius 1 is 1.47 bits per heavy atom. The number of H-pyrrole nitrogens is 1. The average molecular weight is 260 g/mol. The molecule has 2 atom stereocenters. The van der Waals surface area contributed by atoms with Gasteiger partial charge in [-0.25, -0.2) is 14.8 Å². The molecule has 1 fully saturated rings.